The van der Waals surface area contributed by atoms with Gasteiger partial charge in [0, 0.05) is 11.1 Å². The average Bonchev–Trinajstić information content (AvgIpc) is 2.72. The molecule has 0 saturated heterocycles. The standard InChI is InChI=1S/C17H21ClN2/c1-16(2)12-6-7-17(16,3)15(8-12)20-14-9-13(18)5-4-11(14)10-19/h4-5,9,12,15,20H,6-8H2,1-3H3. The van der Waals surface area contributed by atoms with E-state index in [1.54, 1.807) is 12.1 Å². The maximum absolute atomic E-state index is 9.25. The van der Waals surface area contributed by atoms with Crippen molar-refractivity contribution >= 4 is 17.3 Å². The lowest BCUT2D eigenvalue weighted by Crippen LogP contribution is -2.40. The van der Waals surface area contributed by atoms with Gasteiger partial charge in [0.25, 0.3) is 0 Å². The molecule has 2 bridgehead atoms. The Morgan fingerprint density at radius 3 is 2.65 bits per heavy atom. The van der Waals surface area contributed by atoms with E-state index in [9.17, 15) is 5.26 Å². The predicted molar refractivity (Wildman–Crippen MR) is 82.8 cm³/mol. The van der Waals surface area contributed by atoms with E-state index in [-0.39, 0.29) is 0 Å². The Morgan fingerprint density at radius 1 is 1.35 bits per heavy atom. The second-order valence-corrected chi connectivity index (χ2v) is 7.55. The predicted octanol–water partition coefficient (Wildman–Crippen LogP) is 4.84. The summed E-state index contributed by atoms with van der Waals surface area (Å²) in [6, 6.07) is 8.14. The summed E-state index contributed by atoms with van der Waals surface area (Å²) >= 11 is 6.08. The quantitative estimate of drug-likeness (QED) is 0.845. The monoisotopic (exact) mass is 288 g/mol. The van der Waals surface area contributed by atoms with Crippen LogP contribution in [0, 0.1) is 28.1 Å². The number of hydrogen-bond acceptors (Lipinski definition) is 2. The highest BCUT2D eigenvalue weighted by atomic mass is 35.5. The number of anilines is 1. The van der Waals surface area contributed by atoms with E-state index in [0.29, 0.717) is 27.5 Å². The van der Waals surface area contributed by atoms with Gasteiger partial charge in [0.15, 0.2) is 0 Å². The minimum Gasteiger partial charge on any atom is -0.381 e. The van der Waals surface area contributed by atoms with E-state index in [1.165, 1.54) is 19.3 Å². The fraction of sp³-hybridized carbons (Fsp3) is 0.588. The Balaban J connectivity index is 1.91. The SMILES string of the molecule is CC1(C)C2CCC1(C)C(Nc1cc(Cl)ccc1C#N)C2. The largest absolute Gasteiger partial charge is 0.381 e. The molecule has 3 heteroatoms. The molecule has 3 atom stereocenters. The molecule has 2 saturated carbocycles. The molecule has 2 aliphatic rings. The van der Waals surface area contributed by atoms with Gasteiger partial charge in [-0.2, -0.15) is 5.26 Å². The summed E-state index contributed by atoms with van der Waals surface area (Å²) in [4.78, 5) is 0. The molecule has 0 aromatic heterocycles. The van der Waals surface area contributed by atoms with E-state index in [4.69, 9.17) is 11.6 Å². The van der Waals surface area contributed by atoms with Crippen molar-refractivity contribution in [1.82, 2.24) is 0 Å². The average molecular weight is 289 g/mol. The summed E-state index contributed by atoms with van der Waals surface area (Å²) in [6.45, 7) is 7.19. The summed E-state index contributed by atoms with van der Waals surface area (Å²) in [6.07, 6.45) is 3.80. The van der Waals surface area contributed by atoms with E-state index < -0.39 is 0 Å². The lowest BCUT2D eigenvalue weighted by molar-refractivity contribution is 0.142. The zero-order valence-electron chi connectivity index (χ0n) is 12.3. The van der Waals surface area contributed by atoms with Crippen molar-refractivity contribution in [2.45, 2.75) is 46.1 Å². The fourth-order valence-corrected chi connectivity index (χ4v) is 4.52. The van der Waals surface area contributed by atoms with Crippen LogP contribution < -0.4 is 5.32 Å². The molecular weight excluding hydrogens is 268 g/mol. The molecule has 2 nitrogen and oxygen atoms in total. The molecule has 0 radical (unpaired) electrons. The van der Waals surface area contributed by atoms with Crippen LogP contribution in [0.25, 0.3) is 0 Å². The molecule has 2 aliphatic carbocycles. The zero-order valence-corrected chi connectivity index (χ0v) is 13.1. The maximum atomic E-state index is 9.25. The van der Waals surface area contributed by atoms with E-state index in [0.717, 1.165) is 11.6 Å². The Bertz CT molecular complexity index is 587. The van der Waals surface area contributed by atoms with Gasteiger partial charge in [-0.25, -0.2) is 0 Å². The highest BCUT2D eigenvalue weighted by Gasteiger charge is 2.61. The summed E-state index contributed by atoms with van der Waals surface area (Å²) in [5.41, 5.74) is 2.23. The van der Waals surface area contributed by atoms with Gasteiger partial charge in [-0.1, -0.05) is 32.4 Å². The lowest BCUT2D eigenvalue weighted by Gasteiger charge is -2.40. The zero-order chi connectivity index (χ0) is 14.5. The smallest absolute Gasteiger partial charge is 0.101 e. The molecule has 106 valence electrons. The van der Waals surface area contributed by atoms with Crippen LogP contribution in [0.5, 0.6) is 0 Å². The van der Waals surface area contributed by atoms with Gasteiger partial charge >= 0.3 is 0 Å². The Labute approximate surface area is 126 Å². The van der Waals surface area contributed by atoms with Crippen molar-refractivity contribution in [3.8, 4) is 6.07 Å². The molecule has 20 heavy (non-hydrogen) atoms. The Morgan fingerprint density at radius 2 is 2.10 bits per heavy atom. The molecule has 0 aliphatic heterocycles. The molecule has 1 aromatic rings. The van der Waals surface area contributed by atoms with Crippen LogP contribution in [0.4, 0.5) is 5.69 Å². The van der Waals surface area contributed by atoms with Crippen molar-refractivity contribution in [3.05, 3.63) is 28.8 Å². The third kappa shape index (κ3) is 1.76. The first-order valence-electron chi connectivity index (χ1n) is 7.34. The van der Waals surface area contributed by atoms with Gasteiger partial charge in [0.2, 0.25) is 0 Å². The second-order valence-electron chi connectivity index (χ2n) is 7.11. The number of fused-ring (bicyclic) bond motifs is 2. The number of rotatable bonds is 2. The van der Waals surface area contributed by atoms with E-state index in [1.807, 2.05) is 6.07 Å². The number of nitrogens with one attached hydrogen (secondary N) is 1. The van der Waals surface area contributed by atoms with Crippen LogP contribution in [0.3, 0.4) is 0 Å². The molecule has 2 fully saturated rings. The number of hydrogen-bond donors (Lipinski definition) is 1. The Kier molecular flexibility index (Phi) is 3.03. The van der Waals surface area contributed by atoms with Crippen molar-refractivity contribution < 1.29 is 0 Å². The Hall–Kier alpha value is -1.20. The summed E-state index contributed by atoms with van der Waals surface area (Å²) in [7, 11) is 0. The van der Waals surface area contributed by atoms with Gasteiger partial charge in [0.05, 0.1) is 11.3 Å². The molecule has 1 aromatic carbocycles. The number of halogens is 1. The highest BCUT2D eigenvalue weighted by molar-refractivity contribution is 6.30. The summed E-state index contributed by atoms with van der Waals surface area (Å²) in [5, 5.41) is 13.6. The fourth-order valence-electron chi connectivity index (χ4n) is 4.34. The van der Waals surface area contributed by atoms with E-state index >= 15 is 0 Å². The van der Waals surface area contributed by atoms with Gasteiger partial charge in [0.1, 0.15) is 6.07 Å². The van der Waals surface area contributed by atoms with Crippen LogP contribution in [0.2, 0.25) is 5.02 Å². The minimum atomic E-state index is 0.298. The van der Waals surface area contributed by atoms with Crippen LogP contribution in [0.15, 0.2) is 18.2 Å². The third-order valence-electron chi connectivity index (χ3n) is 6.23. The van der Waals surface area contributed by atoms with Crippen molar-refractivity contribution in [3.63, 3.8) is 0 Å². The second kappa shape index (κ2) is 4.40. The normalized spacial score (nSPS) is 34.0. The topological polar surface area (TPSA) is 35.8 Å². The summed E-state index contributed by atoms with van der Waals surface area (Å²) < 4.78 is 0. The first kappa shape index (κ1) is 13.8. The molecule has 0 heterocycles. The van der Waals surface area contributed by atoms with E-state index in [2.05, 4.69) is 32.2 Å². The first-order chi connectivity index (χ1) is 9.38. The number of nitriles is 1. The van der Waals surface area contributed by atoms with Crippen LogP contribution >= 0.6 is 11.6 Å². The molecule has 3 unspecified atom stereocenters. The molecule has 0 spiro atoms. The molecular formula is C17H21ClN2. The summed E-state index contributed by atoms with van der Waals surface area (Å²) in [5.74, 6) is 0.787. The molecule has 1 N–H and O–H groups in total. The van der Waals surface area contributed by atoms with Crippen molar-refractivity contribution in [1.29, 1.82) is 5.26 Å². The molecule has 3 rings (SSSR count). The maximum Gasteiger partial charge on any atom is 0.101 e. The highest BCUT2D eigenvalue weighted by Crippen LogP contribution is 2.65. The first-order valence-corrected chi connectivity index (χ1v) is 7.72. The van der Waals surface area contributed by atoms with Crippen molar-refractivity contribution in [2.75, 3.05) is 5.32 Å². The van der Waals surface area contributed by atoms with Crippen LogP contribution in [-0.4, -0.2) is 6.04 Å². The number of nitrogens with zero attached hydrogens (tertiary/aromatic N) is 1. The van der Waals surface area contributed by atoms with Gasteiger partial charge in [-0.3, -0.25) is 0 Å². The minimum absolute atomic E-state index is 0.298. The van der Waals surface area contributed by atoms with Crippen LogP contribution in [0.1, 0.15) is 45.6 Å². The van der Waals surface area contributed by atoms with Gasteiger partial charge < -0.3 is 5.32 Å². The van der Waals surface area contributed by atoms with Gasteiger partial charge in [-0.05, 0) is 54.2 Å². The van der Waals surface area contributed by atoms with Crippen LogP contribution in [-0.2, 0) is 0 Å². The lowest BCUT2D eigenvalue weighted by atomic mass is 9.69. The number of benzene rings is 1. The van der Waals surface area contributed by atoms with Crippen molar-refractivity contribution in [2.24, 2.45) is 16.7 Å². The third-order valence-corrected chi connectivity index (χ3v) is 6.46. The van der Waals surface area contributed by atoms with Gasteiger partial charge in [-0.15, -0.1) is 0 Å². The molecule has 0 amide bonds.